The first-order valence-electron chi connectivity index (χ1n) is 8.85. The summed E-state index contributed by atoms with van der Waals surface area (Å²) in [4.78, 5) is 37.8. The summed E-state index contributed by atoms with van der Waals surface area (Å²) in [6, 6.07) is 6.78. The van der Waals surface area contributed by atoms with E-state index >= 15 is 0 Å². The highest BCUT2D eigenvalue weighted by molar-refractivity contribution is 8.00. The van der Waals surface area contributed by atoms with Gasteiger partial charge in [0.15, 0.2) is 11.7 Å². The van der Waals surface area contributed by atoms with Gasteiger partial charge < -0.3 is 10.6 Å². The molecule has 136 valence electrons. The quantitative estimate of drug-likeness (QED) is 0.626. The highest BCUT2D eigenvalue weighted by atomic mass is 32.2. The van der Waals surface area contributed by atoms with E-state index in [0.717, 1.165) is 37.0 Å². The number of nitriles is 1. The first-order valence-corrected chi connectivity index (χ1v) is 9.73. The lowest BCUT2D eigenvalue weighted by atomic mass is 9.93. The first kappa shape index (κ1) is 18.5. The number of amides is 2. The number of carbonyl (C=O) groups is 3. The van der Waals surface area contributed by atoms with Gasteiger partial charge in [-0.2, -0.15) is 5.26 Å². The van der Waals surface area contributed by atoms with Crippen molar-refractivity contribution in [2.24, 2.45) is 5.92 Å². The largest absolute Gasteiger partial charge is 0.352 e. The Labute approximate surface area is 156 Å². The topological polar surface area (TPSA) is 99.1 Å². The number of ketones is 1. The second-order valence-corrected chi connectivity index (χ2v) is 8.11. The lowest BCUT2D eigenvalue weighted by molar-refractivity contribution is -0.123. The number of anilines is 1. The summed E-state index contributed by atoms with van der Waals surface area (Å²) in [6.07, 6.45) is 5.04. The highest BCUT2D eigenvalue weighted by Gasteiger charge is 2.31. The molecule has 1 aliphatic carbocycles. The van der Waals surface area contributed by atoms with Crippen molar-refractivity contribution in [3.8, 4) is 6.07 Å². The Kier molecular flexibility index (Phi) is 5.62. The fourth-order valence-corrected chi connectivity index (χ4v) is 4.23. The number of benzene rings is 1. The maximum atomic E-state index is 12.7. The Bertz CT molecular complexity index is 781. The van der Waals surface area contributed by atoms with E-state index < -0.39 is 17.6 Å². The molecular weight excluding hydrogens is 350 g/mol. The zero-order chi connectivity index (χ0) is 18.7. The minimum absolute atomic E-state index is 0.0422. The standard InChI is InChI=1S/C19H21N3O3S/c1-11-18(24)22-15-9-12(7-8-16(15)26-11)17(23)14(10-20)19(25)21-13-5-3-2-4-6-13/h7-9,11,13-14H,2-6H2,1H3,(H,21,25)(H,22,24)/t11-,14-/m1/s1. The maximum absolute atomic E-state index is 12.7. The molecule has 0 saturated heterocycles. The van der Waals surface area contributed by atoms with E-state index in [1.54, 1.807) is 18.2 Å². The van der Waals surface area contributed by atoms with Gasteiger partial charge in [-0.15, -0.1) is 11.8 Å². The summed E-state index contributed by atoms with van der Waals surface area (Å²) >= 11 is 1.42. The number of hydrogen-bond acceptors (Lipinski definition) is 5. The fraction of sp³-hybridized carbons (Fsp3) is 0.474. The van der Waals surface area contributed by atoms with Gasteiger partial charge in [0.05, 0.1) is 17.0 Å². The molecule has 26 heavy (non-hydrogen) atoms. The molecule has 1 aromatic rings. The van der Waals surface area contributed by atoms with Crippen molar-refractivity contribution in [1.29, 1.82) is 5.26 Å². The molecular formula is C19H21N3O3S. The van der Waals surface area contributed by atoms with Crippen molar-refractivity contribution in [1.82, 2.24) is 5.32 Å². The van der Waals surface area contributed by atoms with Gasteiger partial charge >= 0.3 is 0 Å². The maximum Gasteiger partial charge on any atom is 0.245 e. The van der Waals surface area contributed by atoms with E-state index in [0.29, 0.717) is 5.69 Å². The Balaban J connectivity index is 1.74. The minimum Gasteiger partial charge on any atom is -0.352 e. The Morgan fingerprint density at radius 1 is 1.31 bits per heavy atom. The van der Waals surface area contributed by atoms with Crippen LogP contribution in [0.5, 0.6) is 0 Å². The molecule has 7 heteroatoms. The van der Waals surface area contributed by atoms with Gasteiger partial charge in [-0.3, -0.25) is 14.4 Å². The van der Waals surface area contributed by atoms with Crippen LogP contribution < -0.4 is 10.6 Å². The SMILES string of the molecule is C[C@H]1Sc2ccc(C(=O)[C@@H](C#N)C(=O)NC3CCCCC3)cc2NC1=O. The van der Waals surface area contributed by atoms with Crippen molar-refractivity contribution in [2.45, 2.75) is 55.2 Å². The van der Waals surface area contributed by atoms with Crippen molar-refractivity contribution < 1.29 is 14.4 Å². The average Bonchev–Trinajstić information content (AvgIpc) is 2.63. The number of fused-ring (bicyclic) bond motifs is 1. The molecule has 1 fully saturated rings. The summed E-state index contributed by atoms with van der Waals surface area (Å²) in [5.41, 5.74) is 0.804. The fourth-order valence-electron chi connectivity index (χ4n) is 3.30. The smallest absolute Gasteiger partial charge is 0.245 e. The molecule has 1 aliphatic heterocycles. The summed E-state index contributed by atoms with van der Waals surface area (Å²) in [5, 5.41) is 14.8. The summed E-state index contributed by atoms with van der Waals surface area (Å²) < 4.78 is 0. The van der Waals surface area contributed by atoms with Crippen molar-refractivity contribution in [2.75, 3.05) is 5.32 Å². The second kappa shape index (κ2) is 7.92. The predicted molar refractivity (Wildman–Crippen MR) is 98.8 cm³/mol. The molecule has 2 atom stereocenters. The van der Waals surface area contributed by atoms with Crippen LogP contribution in [0.1, 0.15) is 49.4 Å². The van der Waals surface area contributed by atoms with Crippen LogP contribution in [0.2, 0.25) is 0 Å². The molecule has 1 aromatic carbocycles. The second-order valence-electron chi connectivity index (χ2n) is 6.73. The molecule has 3 rings (SSSR count). The normalized spacial score (nSPS) is 21.1. The van der Waals surface area contributed by atoms with Gasteiger partial charge in [0.2, 0.25) is 11.8 Å². The number of thioether (sulfide) groups is 1. The average molecular weight is 371 g/mol. The summed E-state index contributed by atoms with van der Waals surface area (Å²) in [6.45, 7) is 1.81. The van der Waals surface area contributed by atoms with Crippen LogP contribution in [-0.2, 0) is 9.59 Å². The Morgan fingerprint density at radius 2 is 2.04 bits per heavy atom. The number of Topliss-reactive ketones (excluding diaryl/α,β-unsaturated/α-hetero) is 1. The highest BCUT2D eigenvalue weighted by Crippen LogP contribution is 2.36. The van der Waals surface area contributed by atoms with E-state index in [2.05, 4.69) is 10.6 Å². The Hall–Kier alpha value is -2.33. The van der Waals surface area contributed by atoms with Crippen LogP contribution in [0.4, 0.5) is 5.69 Å². The number of carbonyl (C=O) groups excluding carboxylic acids is 3. The zero-order valence-corrected chi connectivity index (χ0v) is 15.4. The van der Waals surface area contributed by atoms with Crippen LogP contribution >= 0.6 is 11.8 Å². The van der Waals surface area contributed by atoms with E-state index in [1.807, 2.05) is 13.0 Å². The van der Waals surface area contributed by atoms with E-state index in [-0.39, 0.29) is 22.8 Å². The first-order chi connectivity index (χ1) is 12.5. The van der Waals surface area contributed by atoms with Gasteiger partial charge in [0, 0.05) is 16.5 Å². The third-order valence-electron chi connectivity index (χ3n) is 4.80. The molecule has 0 spiro atoms. The monoisotopic (exact) mass is 371 g/mol. The van der Waals surface area contributed by atoms with Crippen molar-refractivity contribution in [3.63, 3.8) is 0 Å². The lowest BCUT2D eigenvalue weighted by Gasteiger charge is -2.24. The summed E-state index contributed by atoms with van der Waals surface area (Å²) in [7, 11) is 0. The van der Waals surface area contributed by atoms with Gasteiger partial charge in [-0.1, -0.05) is 25.3 Å². The molecule has 0 bridgehead atoms. The molecule has 0 radical (unpaired) electrons. The number of hydrogen-bond donors (Lipinski definition) is 2. The predicted octanol–water partition coefficient (Wildman–Crippen LogP) is 2.89. The van der Waals surface area contributed by atoms with Crippen molar-refractivity contribution >= 4 is 35.0 Å². The molecule has 1 saturated carbocycles. The minimum atomic E-state index is -1.37. The van der Waals surface area contributed by atoms with Crippen LogP contribution in [0.25, 0.3) is 0 Å². The van der Waals surface area contributed by atoms with Gasteiger partial charge in [-0.25, -0.2) is 0 Å². The van der Waals surface area contributed by atoms with Crippen LogP contribution in [0.15, 0.2) is 23.1 Å². The van der Waals surface area contributed by atoms with Crippen molar-refractivity contribution in [3.05, 3.63) is 23.8 Å². The summed E-state index contributed by atoms with van der Waals surface area (Å²) in [5.74, 6) is -2.57. The molecule has 6 nitrogen and oxygen atoms in total. The number of rotatable bonds is 4. The zero-order valence-electron chi connectivity index (χ0n) is 14.6. The number of nitrogens with zero attached hydrogens (tertiary/aromatic N) is 1. The third kappa shape index (κ3) is 3.91. The van der Waals surface area contributed by atoms with Crippen LogP contribution in [-0.4, -0.2) is 28.9 Å². The van der Waals surface area contributed by atoms with Crippen LogP contribution in [0, 0.1) is 17.2 Å². The molecule has 0 aromatic heterocycles. The number of nitrogens with one attached hydrogen (secondary N) is 2. The molecule has 2 N–H and O–H groups in total. The van der Waals surface area contributed by atoms with E-state index in [9.17, 15) is 19.6 Å². The van der Waals surface area contributed by atoms with E-state index in [1.165, 1.54) is 11.8 Å². The lowest BCUT2D eigenvalue weighted by Crippen LogP contribution is -2.42. The third-order valence-corrected chi connectivity index (χ3v) is 5.98. The molecule has 2 aliphatic rings. The van der Waals surface area contributed by atoms with Gasteiger partial charge in [0.1, 0.15) is 0 Å². The van der Waals surface area contributed by atoms with Gasteiger partial charge in [0.25, 0.3) is 0 Å². The Morgan fingerprint density at radius 3 is 2.73 bits per heavy atom. The van der Waals surface area contributed by atoms with Gasteiger partial charge in [-0.05, 0) is 31.9 Å². The molecule has 1 heterocycles. The molecule has 2 amide bonds. The van der Waals surface area contributed by atoms with Crippen LogP contribution in [0.3, 0.4) is 0 Å². The molecule has 0 unspecified atom stereocenters. The van der Waals surface area contributed by atoms with E-state index in [4.69, 9.17) is 0 Å².